The van der Waals surface area contributed by atoms with Crippen molar-refractivity contribution in [1.82, 2.24) is 29.3 Å². The molecule has 8 nitrogen and oxygen atoms in total. The van der Waals surface area contributed by atoms with Gasteiger partial charge in [-0.05, 0) is 44.2 Å². The Morgan fingerprint density at radius 2 is 1.68 bits per heavy atom. The molecule has 0 unspecified atom stereocenters. The second-order valence-corrected chi connectivity index (χ2v) is 8.69. The minimum Gasteiger partial charge on any atom is -0.338 e. The molecule has 0 bridgehead atoms. The summed E-state index contributed by atoms with van der Waals surface area (Å²) in [5.74, 6) is 0.0202. The van der Waals surface area contributed by atoms with E-state index in [0.717, 1.165) is 68.5 Å². The molecule has 2 aliphatic heterocycles. The molecule has 0 spiro atoms. The van der Waals surface area contributed by atoms with Crippen LogP contribution < -0.4 is 5.69 Å². The van der Waals surface area contributed by atoms with Gasteiger partial charge in [-0.3, -0.25) is 9.36 Å². The van der Waals surface area contributed by atoms with Crippen LogP contribution in [-0.4, -0.2) is 67.4 Å². The summed E-state index contributed by atoms with van der Waals surface area (Å²) in [6, 6.07) is 6.83. The largest absolute Gasteiger partial charge is 0.338 e. The Bertz CT molecular complexity index is 1120. The van der Waals surface area contributed by atoms with Crippen LogP contribution in [0.2, 0.25) is 0 Å². The molecule has 1 N–H and O–H groups in total. The number of carbonyl (C=O) groups is 1. The third-order valence-electron chi connectivity index (χ3n) is 6.90. The van der Waals surface area contributed by atoms with E-state index in [4.69, 9.17) is 0 Å². The van der Waals surface area contributed by atoms with Crippen molar-refractivity contribution in [3.05, 3.63) is 58.5 Å². The first kappa shape index (κ1) is 19.9. The maximum absolute atomic E-state index is 12.6. The molecule has 3 aromatic rings. The highest BCUT2D eigenvalue weighted by molar-refractivity contribution is 5.93. The molecule has 0 saturated carbocycles. The maximum Gasteiger partial charge on any atom is 0.326 e. The lowest BCUT2D eigenvalue weighted by atomic mass is 9.97. The first-order valence-electron chi connectivity index (χ1n) is 11.1. The van der Waals surface area contributed by atoms with Gasteiger partial charge in [0.25, 0.3) is 5.91 Å². The number of hydrogen-bond acceptors (Lipinski definition) is 5. The topological polar surface area (TPSA) is 87.1 Å². The number of piperidine rings is 2. The average Bonchev–Trinajstić information content (AvgIpc) is 3.16. The molecule has 31 heavy (non-hydrogen) atoms. The number of carbonyl (C=O) groups excluding carboxylic acids is 1. The van der Waals surface area contributed by atoms with Gasteiger partial charge >= 0.3 is 5.69 Å². The van der Waals surface area contributed by atoms with Gasteiger partial charge in [-0.2, -0.15) is 0 Å². The highest BCUT2D eigenvalue weighted by Gasteiger charge is 2.31. The Morgan fingerprint density at radius 3 is 2.39 bits per heavy atom. The van der Waals surface area contributed by atoms with Crippen LogP contribution >= 0.6 is 0 Å². The molecule has 5 rings (SSSR count). The molecule has 1 amide bonds. The summed E-state index contributed by atoms with van der Waals surface area (Å²) < 4.78 is 1.96. The highest BCUT2D eigenvalue weighted by Crippen LogP contribution is 2.29. The highest BCUT2D eigenvalue weighted by atomic mass is 16.2. The molecule has 8 heteroatoms. The molecule has 0 radical (unpaired) electrons. The Labute approximate surface area is 180 Å². The third kappa shape index (κ3) is 3.76. The van der Waals surface area contributed by atoms with Gasteiger partial charge in [0, 0.05) is 50.7 Å². The predicted octanol–water partition coefficient (Wildman–Crippen LogP) is 2.37. The van der Waals surface area contributed by atoms with Crippen LogP contribution in [0.1, 0.15) is 47.6 Å². The van der Waals surface area contributed by atoms with Crippen LogP contribution in [0.4, 0.5) is 0 Å². The molecule has 162 valence electrons. The monoisotopic (exact) mass is 420 g/mol. The number of aromatic nitrogens is 4. The summed E-state index contributed by atoms with van der Waals surface area (Å²) in [6.07, 6.45) is 8.52. The van der Waals surface area contributed by atoms with Gasteiger partial charge in [-0.25, -0.2) is 14.8 Å². The Hall–Kier alpha value is -3.00. The van der Waals surface area contributed by atoms with E-state index in [0.29, 0.717) is 11.6 Å². The number of hydrogen-bond donors (Lipinski definition) is 1. The number of fused-ring (bicyclic) bond motifs is 1. The molecule has 2 fully saturated rings. The summed E-state index contributed by atoms with van der Waals surface area (Å²) in [6.45, 7) is 5.54. The first-order valence-corrected chi connectivity index (χ1v) is 11.1. The molecule has 4 heterocycles. The van der Waals surface area contributed by atoms with E-state index in [1.54, 1.807) is 12.4 Å². The Morgan fingerprint density at radius 1 is 1.00 bits per heavy atom. The fraction of sp³-hybridized carbons (Fsp3) is 0.478. The quantitative estimate of drug-likeness (QED) is 0.703. The standard InChI is InChI=1S/C23H28N6O2/c1-16-3-2-4-20-21(16)26-23(31)29(20)19-7-9-27(10-8-19)18-5-11-28(12-6-18)22(30)17-13-24-15-25-14-17/h2-4,13-15,18-19H,5-12H2,1H3,(H,26,31). The molecule has 2 saturated heterocycles. The third-order valence-corrected chi connectivity index (χ3v) is 6.90. The molecule has 0 atom stereocenters. The van der Waals surface area contributed by atoms with Gasteiger partial charge in [0.05, 0.1) is 16.6 Å². The summed E-state index contributed by atoms with van der Waals surface area (Å²) in [4.78, 5) is 40.7. The number of amides is 1. The van der Waals surface area contributed by atoms with Crippen molar-refractivity contribution in [1.29, 1.82) is 0 Å². The van der Waals surface area contributed by atoms with Crippen molar-refractivity contribution in [2.24, 2.45) is 0 Å². The fourth-order valence-corrected chi connectivity index (χ4v) is 5.19. The Kier molecular flexibility index (Phi) is 5.31. The number of aryl methyl sites for hydroxylation is 1. The molecule has 2 aliphatic rings. The summed E-state index contributed by atoms with van der Waals surface area (Å²) in [5, 5.41) is 0. The van der Waals surface area contributed by atoms with Gasteiger partial charge < -0.3 is 14.8 Å². The molecular weight excluding hydrogens is 392 g/mol. The number of likely N-dealkylation sites (tertiary alicyclic amines) is 2. The second-order valence-electron chi connectivity index (χ2n) is 8.69. The van der Waals surface area contributed by atoms with E-state index in [2.05, 4.69) is 19.9 Å². The second kappa shape index (κ2) is 8.26. The van der Waals surface area contributed by atoms with E-state index in [1.807, 2.05) is 34.6 Å². The predicted molar refractivity (Wildman–Crippen MR) is 118 cm³/mol. The van der Waals surface area contributed by atoms with Crippen molar-refractivity contribution in [2.45, 2.75) is 44.7 Å². The van der Waals surface area contributed by atoms with Crippen LogP contribution in [0.5, 0.6) is 0 Å². The van der Waals surface area contributed by atoms with Gasteiger partial charge in [-0.1, -0.05) is 12.1 Å². The lowest BCUT2D eigenvalue weighted by molar-refractivity contribution is 0.0557. The number of rotatable bonds is 3. The van der Waals surface area contributed by atoms with Gasteiger partial charge in [-0.15, -0.1) is 0 Å². The zero-order valence-corrected chi connectivity index (χ0v) is 17.8. The number of benzene rings is 1. The van der Waals surface area contributed by atoms with E-state index in [9.17, 15) is 9.59 Å². The summed E-state index contributed by atoms with van der Waals surface area (Å²) in [7, 11) is 0. The number of imidazole rings is 1. The lowest BCUT2D eigenvalue weighted by Gasteiger charge is -2.42. The molecule has 1 aromatic carbocycles. The SMILES string of the molecule is Cc1cccc2c1[nH]c(=O)n2C1CCN(C2CCN(C(=O)c3cncnc3)CC2)CC1. The van der Waals surface area contributed by atoms with E-state index in [1.165, 1.54) is 6.33 Å². The van der Waals surface area contributed by atoms with Gasteiger partial charge in [0.1, 0.15) is 6.33 Å². The molecular formula is C23H28N6O2. The number of nitrogens with one attached hydrogen (secondary N) is 1. The van der Waals surface area contributed by atoms with Crippen molar-refractivity contribution in [2.75, 3.05) is 26.2 Å². The first-order chi connectivity index (χ1) is 15.1. The fourth-order valence-electron chi connectivity index (χ4n) is 5.19. The van der Waals surface area contributed by atoms with Crippen LogP contribution in [0, 0.1) is 6.92 Å². The normalized spacial score (nSPS) is 19.2. The van der Waals surface area contributed by atoms with E-state index < -0.39 is 0 Å². The van der Waals surface area contributed by atoms with Crippen LogP contribution in [-0.2, 0) is 0 Å². The van der Waals surface area contributed by atoms with E-state index >= 15 is 0 Å². The number of aromatic amines is 1. The summed E-state index contributed by atoms with van der Waals surface area (Å²) >= 11 is 0. The Balaban J connectivity index is 1.20. The van der Waals surface area contributed by atoms with E-state index in [-0.39, 0.29) is 17.6 Å². The van der Waals surface area contributed by atoms with Gasteiger partial charge in [0.2, 0.25) is 0 Å². The van der Waals surface area contributed by atoms with Crippen molar-refractivity contribution >= 4 is 16.9 Å². The number of nitrogens with zero attached hydrogens (tertiary/aromatic N) is 5. The van der Waals surface area contributed by atoms with Crippen LogP contribution in [0.3, 0.4) is 0 Å². The maximum atomic E-state index is 12.6. The van der Waals surface area contributed by atoms with Crippen LogP contribution in [0.15, 0.2) is 41.7 Å². The number of para-hydroxylation sites is 1. The number of H-pyrrole nitrogens is 1. The van der Waals surface area contributed by atoms with Gasteiger partial charge in [0.15, 0.2) is 0 Å². The molecule has 2 aromatic heterocycles. The minimum atomic E-state index is -0.000498. The van der Waals surface area contributed by atoms with Crippen LogP contribution in [0.25, 0.3) is 11.0 Å². The van der Waals surface area contributed by atoms with Crippen molar-refractivity contribution in [3.8, 4) is 0 Å². The smallest absolute Gasteiger partial charge is 0.326 e. The van der Waals surface area contributed by atoms with Crippen molar-refractivity contribution in [3.63, 3.8) is 0 Å². The molecule has 0 aliphatic carbocycles. The lowest BCUT2D eigenvalue weighted by Crippen LogP contribution is -2.49. The zero-order chi connectivity index (χ0) is 21.4. The minimum absolute atomic E-state index is 0.000498. The average molecular weight is 421 g/mol. The summed E-state index contributed by atoms with van der Waals surface area (Å²) in [5.41, 5.74) is 3.63. The van der Waals surface area contributed by atoms with Crippen molar-refractivity contribution < 1.29 is 4.79 Å². The zero-order valence-electron chi connectivity index (χ0n) is 17.8.